The van der Waals surface area contributed by atoms with E-state index in [0.717, 1.165) is 46.0 Å². The molecule has 1 fully saturated rings. The maximum Gasteiger partial charge on any atom is 0.0737 e. The van der Waals surface area contributed by atoms with Gasteiger partial charge in [-0.05, 0) is 73.7 Å². The molecule has 0 amide bonds. The summed E-state index contributed by atoms with van der Waals surface area (Å²) in [6.45, 7) is 2.33. The lowest BCUT2D eigenvalue weighted by molar-refractivity contribution is 0.319. The fourth-order valence-electron chi connectivity index (χ4n) is 4.66. The number of rotatable bonds is 4. The second-order valence-electron chi connectivity index (χ2n) is 8.33. The van der Waals surface area contributed by atoms with Crippen molar-refractivity contribution in [3.05, 3.63) is 71.0 Å². The molecule has 0 unspecified atom stereocenters. The average Bonchev–Trinajstić information content (AvgIpc) is 2.76. The van der Waals surface area contributed by atoms with Crippen molar-refractivity contribution >= 4 is 56.4 Å². The molecule has 2 aromatic heterocycles. The van der Waals surface area contributed by atoms with Crippen molar-refractivity contribution in [3.63, 3.8) is 0 Å². The standard InChI is InChI=1S/C25H24Cl2N4/c1-15-20(30-22-9-11-28-24-13-16(26)5-7-18(22)24)3-2-4-21(15)31-23-10-12-29-25-14-17(27)6-8-19(23)25/h5-15,20-21H,2-4H2,1H3,(H,28,30)(H,29,31)/t15-,20-,21+. The SMILES string of the molecule is C[C@H]1[C@@H](Nc2ccnc3cc(Cl)ccc23)CCC[C@H]1Nc1ccnc2cc(Cl)ccc12. The number of hydrogen-bond donors (Lipinski definition) is 2. The molecule has 4 aromatic rings. The van der Waals surface area contributed by atoms with Gasteiger partial charge in [-0.3, -0.25) is 9.97 Å². The Morgan fingerprint density at radius 2 is 1.23 bits per heavy atom. The van der Waals surface area contributed by atoms with Gasteiger partial charge < -0.3 is 10.6 Å². The third-order valence-electron chi connectivity index (χ3n) is 6.39. The minimum Gasteiger partial charge on any atom is -0.381 e. The molecule has 1 saturated carbocycles. The van der Waals surface area contributed by atoms with Crippen LogP contribution in [0, 0.1) is 5.92 Å². The predicted molar refractivity (Wildman–Crippen MR) is 131 cm³/mol. The number of halogens is 2. The molecule has 0 bridgehead atoms. The Kier molecular flexibility index (Phi) is 5.59. The summed E-state index contributed by atoms with van der Waals surface area (Å²) in [5.41, 5.74) is 4.06. The number of benzene rings is 2. The highest BCUT2D eigenvalue weighted by Gasteiger charge is 2.30. The Morgan fingerprint density at radius 1 is 0.742 bits per heavy atom. The van der Waals surface area contributed by atoms with E-state index in [-0.39, 0.29) is 0 Å². The van der Waals surface area contributed by atoms with Crippen molar-refractivity contribution in [2.75, 3.05) is 10.6 Å². The summed E-state index contributed by atoms with van der Waals surface area (Å²) in [4.78, 5) is 8.94. The largest absolute Gasteiger partial charge is 0.381 e. The molecule has 31 heavy (non-hydrogen) atoms. The molecule has 2 N–H and O–H groups in total. The van der Waals surface area contributed by atoms with Crippen LogP contribution in [0.3, 0.4) is 0 Å². The number of pyridine rings is 2. The quantitative estimate of drug-likeness (QED) is 0.345. The van der Waals surface area contributed by atoms with Gasteiger partial charge in [0.05, 0.1) is 11.0 Å². The molecule has 0 saturated heterocycles. The molecule has 2 aromatic carbocycles. The van der Waals surface area contributed by atoms with Crippen LogP contribution in [0.5, 0.6) is 0 Å². The molecule has 1 aliphatic rings. The van der Waals surface area contributed by atoms with E-state index in [9.17, 15) is 0 Å². The normalized spacial score (nSPS) is 21.3. The van der Waals surface area contributed by atoms with E-state index in [1.54, 1.807) is 0 Å². The fourth-order valence-corrected chi connectivity index (χ4v) is 5.00. The first-order valence-corrected chi connectivity index (χ1v) is 11.5. The summed E-state index contributed by atoms with van der Waals surface area (Å²) < 4.78 is 0. The number of fused-ring (bicyclic) bond motifs is 2. The van der Waals surface area contributed by atoms with Crippen molar-refractivity contribution in [1.82, 2.24) is 9.97 Å². The van der Waals surface area contributed by atoms with Gasteiger partial charge in [-0.25, -0.2) is 0 Å². The van der Waals surface area contributed by atoms with Crippen LogP contribution in [0.25, 0.3) is 21.8 Å². The molecular weight excluding hydrogens is 427 g/mol. The van der Waals surface area contributed by atoms with Crippen molar-refractivity contribution in [2.45, 2.75) is 38.3 Å². The molecule has 0 aliphatic heterocycles. The number of anilines is 2. The lowest BCUT2D eigenvalue weighted by Crippen LogP contribution is -2.43. The topological polar surface area (TPSA) is 49.8 Å². The van der Waals surface area contributed by atoms with Crippen LogP contribution in [0.15, 0.2) is 60.9 Å². The van der Waals surface area contributed by atoms with Gasteiger partial charge in [0.25, 0.3) is 0 Å². The van der Waals surface area contributed by atoms with Crippen molar-refractivity contribution in [3.8, 4) is 0 Å². The Hall–Kier alpha value is -2.56. The second-order valence-corrected chi connectivity index (χ2v) is 9.20. The summed E-state index contributed by atoms with van der Waals surface area (Å²) >= 11 is 12.3. The second kappa shape index (κ2) is 8.52. The van der Waals surface area contributed by atoms with Crippen LogP contribution in [0.1, 0.15) is 26.2 Å². The van der Waals surface area contributed by atoms with Crippen LogP contribution < -0.4 is 10.6 Å². The van der Waals surface area contributed by atoms with E-state index in [4.69, 9.17) is 23.2 Å². The molecule has 0 spiro atoms. The van der Waals surface area contributed by atoms with Gasteiger partial charge in [0.2, 0.25) is 0 Å². The lowest BCUT2D eigenvalue weighted by atomic mass is 9.81. The predicted octanol–water partition coefficient (Wildman–Crippen LogP) is 7.17. The Morgan fingerprint density at radius 3 is 1.71 bits per heavy atom. The number of nitrogens with zero attached hydrogens (tertiary/aromatic N) is 2. The zero-order valence-corrected chi connectivity index (χ0v) is 18.8. The number of nitrogens with one attached hydrogen (secondary N) is 2. The first-order chi connectivity index (χ1) is 15.1. The van der Waals surface area contributed by atoms with Crippen LogP contribution >= 0.6 is 23.2 Å². The first-order valence-electron chi connectivity index (χ1n) is 10.7. The molecule has 3 atom stereocenters. The zero-order valence-electron chi connectivity index (χ0n) is 17.3. The third-order valence-corrected chi connectivity index (χ3v) is 6.86. The Balaban J connectivity index is 1.38. The summed E-state index contributed by atoms with van der Waals surface area (Å²) in [6, 6.07) is 16.6. The smallest absolute Gasteiger partial charge is 0.0737 e. The molecule has 2 heterocycles. The van der Waals surface area contributed by atoms with Crippen LogP contribution in [-0.4, -0.2) is 22.1 Å². The Labute approximate surface area is 192 Å². The van der Waals surface area contributed by atoms with Gasteiger partial charge >= 0.3 is 0 Å². The van der Waals surface area contributed by atoms with E-state index < -0.39 is 0 Å². The highest BCUT2D eigenvalue weighted by molar-refractivity contribution is 6.31. The summed E-state index contributed by atoms with van der Waals surface area (Å²) in [5, 5.41) is 11.2. The minimum atomic E-state index is 0.370. The average molecular weight is 451 g/mol. The van der Waals surface area contributed by atoms with E-state index >= 15 is 0 Å². The third kappa shape index (κ3) is 4.15. The van der Waals surface area contributed by atoms with E-state index in [0.29, 0.717) is 28.0 Å². The van der Waals surface area contributed by atoms with E-state index in [2.05, 4.69) is 39.7 Å². The van der Waals surface area contributed by atoms with Gasteiger partial charge in [0.1, 0.15) is 0 Å². The summed E-state index contributed by atoms with van der Waals surface area (Å²) in [7, 11) is 0. The van der Waals surface area contributed by atoms with Gasteiger partial charge in [-0.1, -0.05) is 30.1 Å². The molecular formula is C25H24Cl2N4. The molecule has 158 valence electrons. The highest BCUT2D eigenvalue weighted by Crippen LogP contribution is 2.33. The number of hydrogen-bond acceptors (Lipinski definition) is 4. The van der Waals surface area contributed by atoms with Crippen LogP contribution in [0.4, 0.5) is 11.4 Å². The number of aromatic nitrogens is 2. The van der Waals surface area contributed by atoms with Gasteiger partial charge in [0, 0.05) is 56.7 Å². The van der Waals surface area contributed by atoms with E-state index in [1.165, 1.54) is 6.42 Å². The van der Waals surface area contributed by atoms with Crippen LogP contribution in [-0.2, 0) is 0 Å². The van der Waals surface area contributed by atoms with Crippen molar-refractivity contribution < 1.29 is 0 Å². The van der Waals surface area contributed by atoms with Gasteiger partial charge in [-0.15, -0.1) is 0 Å². The van der Waals surface area contributed by atoms with Gasteiger partial charge in [0.15, 0.2) is 0 Å². The summed E-state index contributed by atoms with van der Waals surface area (Å²) in [6.07, 6.45) is 7.15. The molecule has 6 heteroatoms. The van der Waals surface area contributed by atoms with Crippen molar-refractivity contribution in [2.24, 2.45) is 5.92 Å². The van der Waals surface area contributed by atoms with E-state index in [1.807, 2.05) is 48.8 Å². The molecule has 4 nitrogen and oxygen atoms in total. The molecule has 5 rings (SSSR count). The highest BCUT2D eigenvalue weighted by atomic mass is 35.5. The van der Waals surface area contributed by atoms with Gasteiger partial charge in [-0.2, -0.15) is 0 Å². The maximum atomic E-state index is 6.15. The first kappa shape index (κ1) is 20.3. The maximum absolute atomic E-state index is 6.15. The lowest BCUT2D eigenvalue weighted by Gasteiger charge is -2.38. The zero-order chi connectivity index (χ0) is 21.4. The van der Waals surface area contributed by atoms with Crippen molar-refractivity contribution in [1.29, 1.82) is 0 Å². The summed E-state index contributed by atoms with van der Waals surface area (Å²) in [5.74, 6) is 0.444. The monoisotopic (exact) mass is 450 g/mol. The Bertz CT molecular complexity index is 1150. The minimum absolute atomic E-state index is 0.370. The fraction of sp³-hybridized carbons (Fsp3) is 0.280. The van der Waals surface area contributed by atoms with Crippen LogP contribution in [0.2, 0.25) is 10.0 Å². The molecule has 0 radical (unpaired) electrons. The molecule has 1 aliphatic carbocycles.